The molecule has 6 heteroatoms. The van der Waals surface area contributed by atoms with E-state index in [4.69, 9.17) is 0 Å². The minimum Gasteiger partial charge on any atom is -0.339 e. The van der Waals surface area contributed by atoms with Gasteiger partial charge in [-0.1, -0.05) is 18.2 Å². The van der Waals surface area contributed by atoms with E-state index in [0.29, 0.717) is 18.7 Å². The van der Waals surface area contributed by atoms with Crippen LogP contribution in [0.15, 0.2) is 42.5 Å². The smallest absolute Gasteiger partial charge is 0.227 e. The van der Waals surface area contributed by atoms with Crippen LogP contribution in [0.4, 0.5) is 13.2 Å². The van der Waals surface area contributed by atoms with E-state index >= 15 is 0 Å². The number of benzene rings is 2. The molecule has 2 atom stereocenters. The monoisotopic (exact) mass is 390 g/mol. The summed E-state index contributed by atoms with van der Waals surface area (Å²) in [5.74, 6) is -2.25. The van der Waals surface area contributed by atoms with Crippen molar-refractivity contribution in [3.8, 4) is 0 Å². The lowest BCUT2D eigenvalue weighted by Gasteiger charge is -2.35. The first-order chi connectivity index (χ1) is 13.3. The third-order valence-corrected chi connectivity index (χ3v) is 5.50. The maximum Gasteiger partial charge on any atom is 0.227 e. The molecular weight excluding hydrogens is 365 g/mol. The highest BCUT2D eigenvalue weighted by molar-refractivity contribution is 5.79. The first-order valence-electron chi connectivity index (χ1n) is 9.53. The molecule has 0 radical (unpaired) electrons. The topological polar surface area (TPSA) is 23.6 Å². The van der Waals surface area contributed by atoms with Gasteiger partial charge < -0.3 is 4.90 Å². The summed E-state index contributed by atoms with van der Waals surface area (Å²) in [6, 6.07) is 9.87. The largest absolute Gasteiger partial charge is 0.339 e. The van der Waals surface area contributed by atoms with Crippen LogP contribution in [0.25, 0.3) is 0 Å². The maximum atomic E-state index is 13.5. The number of amides is 1. The van der Waals surface area contributed by atoms with E-state index in [-0.39, 0.29) is 23.7 Å². The molecule has 1 aliphatic heterocycles. The summed E-state index contributed by atoms with van der Waals surface area (Å²) >= 11 is 0. The highest BCUT2D eigenvalue weighted by Crippen LogP contribution is 2.26. The maximum absolute atomic E-state index is 13.5. The Kier molecular flexibility index (Phi) is 6.39. The van der Waals surface area contributed by atoms with Gasteiger partial charge >= 0.3 is 0 Å². The van der Waals surface area contributed by atoms with Crippen molar-refractivity contribution in [1.29, 1.82) is 0 Å². The SMILES string of the molecule is CC(c1ccc(F)c(F)c1)N(C)C(=O)C1CCCN(Cc2cccc(F)c2)C1. The zero-order valence-electron chi connectivity index (χ0n) is 16.2. The molecule has 0 N–H and O–H groups in total. The molecule has 1 aliphatic rings. The molecule has 1 saturated heterocycles. The Balaban J connectivity index is 1.64. The second kappa shape index (κ2) is 8.78. The number of piperidine rings is 1. The zero-order valence-corrected chi connectivity index (χ0v) is 16.2. The Labute approximate surface area is 163 Å². The number of rotatable bonds is 5. The number of carbonyl (C=O) groups excluding carboxylic acids is 1. The van der Waals surface area contributed by atoms with Crippen LogP contribution in [0.5, 0.6) is 0 Å². The fraction of sp³-hybridized carbons (Fsp3) is 0.409. The quantitative estimate of drug-likeness (QED) is 0.749. The first-order valence-corrected chi connectivity index (χ1v) is 9.53. The first kappa shape index (κ1) is 20.4. The van der Waals surface area contributed by atoms with Crippen molar-refractivity contribution in [3.05, 3.63) is 71.0 Å². The Morgan fingerprint density at radius 1 is 1.18 bits per heavy atom. The third kappa shape index (κ3) is 4.73. The fourth-order valence-corrected chi connectivity index (χ4v) is 3.77. The molecule has 1 fully saturated rings. The summed E-state index contributed by atoms with van der Waals surface area (Å²) in [4.78, 5) is 16.8. The number of likely N-dealkylation sites (tertiary alicyclic amines) is 1. The average Bonchev–Trinajstić information content (AvgIpc) is 2.68. The lowest BCUT2D eigenvalue weighted by molar-refractivity contribution is -0.138. The average molecular weight is 390 g/mol. The molecule has 2 aromatic rings. The summed E-state index contributed by atoms with van der Waals surface area (Å²) in [5, 5.41) is 0. The predicted molar refractivity (Wildman–Crippen MR) is 102 cm³/mol. The molecule has 3 rings (SSSR count). The molecule has 0 saturated carbocycles. The van der Waals surface area contributed by atoms with Gasteiger partial charge in [-0.3, -0.25) is 9.69 Å². The second-order valence-corrected chi connectivity index (χ2v) is 7.50. The van der Waals surface area contributed by atoms with Crippen LogP contribution in [-0.4, -0.2) is 35.8 Å². The number of hydrogen-bond donors (Lipinski definition) is 0. The van der Waals surface area contributed by atoms with Gasteiger partial charge in [0.1, 0.15) is 5.82 Å². The molecule has 150 valence electrons. The van der Waals surface area contributed by atoms with E-state index in [1.54, 1.807) is 24.9 Å². The van der Waals surface area contributed by atoms with Crippen LogP contribution < -0.4 is 0 Å². The molecule has 0 aliphatic carbocycles. The Morgan fingerprint density at radius 2 is 1.96 bits per heavy atom. The highest BCUT2D eigenvalue weighted by atomic mass is 19.2. The molecular formula is C22H25F3N2O. The van der Waals surface area contributed by atoms with E-state index in [2.05, 4.69) is 4.90 Å². The van der Waals surface area contributed by atoms with E-state index in [1.165, 1.54) is 18.2 Å². The van der Waals surface area contributed by atoms with Crippen molar-refractivity contribution >= 4 is 5.91 Å². The van der Waals surface area contributed by atoms with Crippen LogP contribution >= 0.6 is 0 Å². The summed E-state index contributed by atoms with van der Waals surface area (Å²) in [6.07, 6.45) is 1.67. The van der Waals surface area contributed by atoms with Crippen molar-refractivity contribution in [3.63, 3.8) is 0 Å². The minimum absolute atomic E-state index is 0.0128. The van der Waals surface area contributed by atoms with Gasteiger partial charge in [0, 0.05) is 20.1 Å². The molecule has 0 aromatic heterocycles. The van der Waals surface area contributed by atoms with Gasteiger partial charge in [0.2, 0.25) is 5.91 Å². The van der Waals surface area contributed by atoms with E-state index < -0.39 is 11.6 Å². The number of nitrogens with zero attached hydrogens (tertiary/aromatic N) is 2. The van der Waals surface area contributed by atoms with Crippen molar-refractivity contribution in [2.45, 2.75) is 32.4 Å². The Hall–Kier alpha value is -2.34. The number of carbonyl (C=O) groups is 1. The van der Waals surface area contributed by atoms with Gasteiger partial charge in [0.15, 0.2) is 11.6 Å². The van der Waals surface area contributed by atoms with Crippen LogP contribution in [0.1, 0.15) is 36.9 Å². The van der Waals surface area contributed by atoms with E-state index in [0.717, 1.165) is 37.1 Å². The molecule has 0 bridgehead atoms. The highest BCUT2D eigenvalue weighted by Gasteiger charge is 2.30. The normalized spacial score (nSPS) is 18.7. The van der Waals surface area contributed by atoms with Gasteiger partial charge in [0.05, 0.1) is 12.0 Å². The van der Waals surface area contributed by atoms with Gasteiger partial charge in [-0.15, -0.1) is 0 Å². The molecule has 1 heterocycles. The van der Waals surface area contributed by atoms with Crippen molar-refractivity contribution in [2.75, 3.05) is 20.1 Å². The number of hydrogen-bond acceptors (Lipinski definition) is 2. The minimum atomic E-state index is -0.913. The van der Waals surface area contributed by atoms with Crippen LogP contribution in [0.2, 0.25) is 0 Å². The molecule has 3 nitrogen and oxygen atoms in total. The van der Waals surface area contributed by atoms with Crippen molar-refractivity contribution < 1.29 is 18.0 Å². The van der Waals surface area contributed by atoms with Crippen LogP contribution in [0.3, 0.4) is 0 Å². The third-order valence-electron chi connectivity index (χ3n) is 5.50. The lowest BCUT2D eigenvalue weighted by Crippen LogP contribution is -2.44. The van der Waals surface area contributed by atoms with Gasteiger partial charge in [-0.25, -0.2) is 13.2 Å². The van der Waals surface area contributed by atoms with E-state index in [9.17, 15) is 18.0 Å². The summed E-state index contributed by atoms with van der Waals surface area (Å²) in [5.41, 5.74) is 1.44. The lowest BCUT2D eigenvalue weighted by atomic mass is 9.95. The van der Waals surface area contributed by atoms with Crippen LogP contribution in [-0.2, 0) is 11.3 Å². The van der Waals surface area contributed by atoms with Crippen molar-refractivity contribution in [1.82, 2.24) is 9.80 Å². The number of halogens is 3. The summed E-state index contributed by atoms with van der Waals surface area (Å²) in [6.45, 7) is 3.87. The van der Waals surface area contributed by atoms with Crippen LogP contribution in [0, 0.1) is 23.4 Å². The fourth-order valence-electron chi connectivity index (χ4n) is 3.77. The molecule has 28 heavy (non-hydrogen) atoms. The molecule has 0 spiro atoms. The summed E-state index contributed by atoms with van der Waals surface area (Å²) < 4.78 is 40.1. The Morgan fingerprint density at radius 3 is 2.68 bits per heavy atom. The standard InChI is InChI=1S/C22H25F3N2O/c1-15(17-8-9-20(24)21(25)12-17)26(2)22(28)18-6-4-10-27(14-18)13-16-5-3-7-19(23)11-16/h3,5,7-9,11-12,15,18H,4,6,10,13-14H2,1-2H3. The molecule has 2 aromatic carbocycles. The predicted octanol–water partition coefficient (Wildman–Crippen LogP) is 4.54. The molecule has 2 unspecified atom stereocenters. The van der Waals surface area contributed by atoms with Gasteiger partial charge in [-0.05, 0) is 61.7 Å². The molecule has 1 amide bonds. The second-order valence-electron chi connectivity index (χ2n) is 7.50. The van der Waals surface area contributed by atoms with Gasteiger partial charge in [0.25, 0.3) is 0 Å². The summed E-state index contributed by atoms with van der Waals surface area (Å²) in [7, 11) is 1.69. The zero-order chi connectivity index (χ0) is 20.3. The van der Waals surface area contributed by atoms with E-state index in [1.807, 2.05) is 6.07 Å². The Bertz CT molecular complexity index is 842. The van der Waals surface area contributed by atoms with Gasteiger partial charge in [-0.2, -0.15) is 0 Å². The van der Waals surface area contributed by atoms with Crippen molar-refractivity contribution in [2.24, 2.45) is 5.92 Å².